The quantitative estimate of drug-likeness (QED) is 0.595. The third-order valence-electron chi connectivity index (χ3n) is 3.13. The first-order valence-corrected chi connectivity index (χ1v) is 8.63. The molecule has 0 heterocycles. The fourth-order valence-corrected chi connectivity index (χ4v) is 2.92. The second-order valence-electron chi connectivity index (χ2n) is 4.95. The van der Waals surface area contributed by atoms with Gasteiger partial charge in [0.05, 0.1) is 19.3 Å². The van der Waals surface area contributed by atoms with Crippen LogP contribution in [0.4, 0.5) is 4.39 Å². The van der Waals surface area contributed by atoms with Crippen molar-refractivity contribution in [3.05, 3.63) is 58.9 Å². The highest BCUT2D eigenvalue weighted by atomic mass is 35.5. The first-order chi connectivity index (χ1) is 12.0. The van der Waals surface area contributed by atoms with E-state index in [1.165, 1.54) is 13.2 Å². The summed E-state index contributed by atoms with van der Waals surface area (Å²) < 4.78 is 18.6. The van der Waals surface area contributed by atoms with E-state index in [9.17, 15) is 14.0 Å². The number of carbonyl (C=O) groups is 2. The summed E-state index contributed by atoms with van der Waals surface area (Å²) >= 11 is 6.95. The molecule has 2 aromatic carbocycles. The van der Waals surface area contributed by atoms with E-state index in [1.54, 1.807) is 36.4 Å². The zero-order chi connectivity index (χ0) is 18.2. The lowest BCUT2D eigenvalue weighted by atomic mass is 10.1. The number of hydrazine groups is 1. The molecular weight excluding hydrogens is 367 g/mol. The minimum absolute atomic E-state index is 0.00945. The molecule has 0 unspecified atom stereocenters. The van der Waals surface area contributed by atoms with Crippen LogP contribution in [0.5, 0.6) is 5.75 Å². The van der Waals surface area contributed by atoms with Crippen LogP contribution in [0.2, 0.25) is 5.02 Å². The highest BCUT2D eigenvalue weighted by Crippen LogP contribution is 2.23. The van der Waals surface area contributed by atoms with Gasteiger partial charge in [-0.1, -0.05) is 23.7 Å². The second-order valence-corrected chi connectivity index (χ2v) is 6.40. The van der Waals surface area contributed by atoms with Crippen LogP contribution in [-0.4, -0.2) is 24.7 Å². The van der Waals surface area contributed by atoms with Gasteiger partial charge in [-0.25, -0.2) is 4.39 Å². The topological polar surface area (TPSA) is 67.4 Å². The molecule has 0 aromatic heterocycles. The van der Waals surface area contributed by atoms with Gasteiger partial charge in [0.15, 0.2) is 0 Å². The lowest BCUT2D eigenvalue weighted by Crippen LogP contribution is -2.43. The summed E-state index contributed by atoms with van der Waals surface area (Å²) in [5.41, 5.74) is 5.20. The molecule has 5 nitrogen and oxygen atoms in total. The molecule has 0 atom stereocenters. The Morgan fingerprint density at radius 1 is 1.16 bits per heavy atom. The van der Waals surface area contributed by atoms with E-state index >= 15 is 0 Å². The molecule has 0 fully saturated rings. The summed E-state index contributed by atoms with van der Waals surface area (Å²) in [5, 5.41) is 0.480. The Morgan fingerprint density at radius 2 is 1.88 bits per heavy atom. The van der Waals surface area contributed by atoms with Crippen LogP contribution in [0.15, 0.2) is 47.4 Å². The number of nitrogens with one attached hydrogen (secondary N) is 2. The van der Waals surface area contributed by atoms with Crippen molar-refractivity contribution in [3.8, 4) is 5.75 Å². The number of halogens is 2. The van der Waals surface area contributed by atoms with E-state index in [4.69, 9.17) is 16.3 Å². The number of amides is 2. The maximum Gasteiger partial charge on any atom is 0.248 e. The molecule has 2 rings (SSSR count). The van der Waals surface area contributed by atoms with Crippen molar-refractivity contribution in [1.29, 1.82) is 0 Å². The number of benzene rings is 2. The van der Waals surface area contributed by atoms with Crippen LogP contribution < -0.4 is 15.6 Å². The molecule has 132 valence electrons. The van der Waals surface area contributed by atoms with Crippen molar-refractivity contribution >= 4 is 35.2 Å². The van der Waals surface area contributed by atoms with Gasteiger partial charge in [-0.15, -0.1) is 11.8 Å². The monoisotopic (exact) mass is 382 g/mol. The van der Waals surface area contributed by atoms with Gasteiger partial charge in [-0.05, 0) is 30.3 Å². The Bertz CT molecular complexity index is 773. The zero-order valence-electron chi connectivity index (χ0n) is 13.3. The number of methoxy groups -OCH3 is 1. The van der Waals surface area contributed by atoms with Gasteiger partial charge in [-0.2, -0.15) is 0 Å². The molecule has 0 saturated heterocycles. The molecule has 2 N–H and O–H groups in total. The molecule has 0 spiro atoms. The number of rotatable bonds is 6. The number of carbonyl (C=O) groups excluding carboxylic acids is 2. The molecular formula is C17H16ClFN2O3S. The maximum atomic E-state index is 13.5. The fraction of sp³-hybridized carbons (Fsp3) is 0.176. The Labute approximate surface area is 153 Å². The van der Waals surface area contributed by atoms with Crippen molar-refractivity contribution in [1.82, 2.24) is 10.9 Å². The molecule has 25 heavy (non-hydrogen) atoms. The first-order valence-electron chi connectivity index (χ1n) is 7.27. The predicted octanol–water partition coefficient (Wildman–Crippen LogP) is 2.97. The van der Waals surface area contributed by atoms with Crippen molar-refractivity contribution in [2.75, 3.05) is 12.9 Å². The highest BCUT2D eigenvalue weighted by Gasteiger charge is 2.11. The number of hydrogen-bond acceptors (Lipinski definition) is 4. The van der Waals surface area contributed by atoms with Gasteiger partial charge in [0, 0.05) is 15.5 Å². The minimum Gasteiger partial charge on any atom is -0.496 e. The molecule has 0 radical (unpaired) electrons. The molecule has 2 amide bonds. The lowest BCUT2D eigenvalue weighted by molar-refractivity contribution is -0.127. The van der Waals surface area contributed by atoms with Crippen LogP contribution in [-0.2, 0) is 16.0 Å². The van der Waals surface area contributed by atoms with Gasteiger partial charge in [0.2, 0.25) is 11.8 Å². The smallest absolute Gasteiger partial charge is 0.248 e. The summed E-state index contributed by atoms with van der Waals surface area (Å²) in [7, 11) is 1.49. The SMILES string of the molecule is COc1ccc(Cl)cc1CC(=O)NNC(=O)CSc1ccccc1F. The molecule has 0 bridgehead atoms. The van der Waals surface area contributed by atoms with Gasteiger partial charge < -0.3 is 4.74 Å². The van der Waals surface area contributed by atoms with Gasteiger partial charge in [0.25, 0.3) is 0 Å². The van der Waals surface area contributed by atoms with Crippen LogP contribution in [0, 0.1) is 5.82 Å². The molecule has 0 saturated carbocycles. The van der Waals surface area contributed by atoms with E-state index in [2.05, 4.69) is 10.9 Å². The van der Waals surface area contributed by atoms with E-state index in [1.807, 2.05) is 0 Å². The van der Waals surface area contributed by atoms with Crippen LogP contribution >= 0.6 is 23.4 Å². The summed E-state index contributed by atoms with van der Waals surface area (Å²) in [4.78, 5) is 24.0. The normalized spacial score (nSPS) is 10.2. The van der Waals surface area contributed by atoms with E-state index in [0.717, 1.165) is 11.8 Å². The van der Waals surface area contributed by atoms with Crippen molar-refractivity contribution in [3.63, 3.8) is 0 Å². The maximum absolute atomic E-state index is 13.5. The molecule has 8 heteroatoms. The molecule has 0 aliphatic heterocycles. The summed E-state index contributed by atoms with van der Waals surface area (Å²) in [6, 6.07) is 11.1. The van der Waals surface area contributed by atoms with Crippen molar-refractivity contribution in [2.24, 2.45) is 0 Å². The number of thioether (sulfide) groups is 1. The van der Waals surface area contributed by atoms with E-state index in [0.29, 0.717) is 21.2 Å². The molecule has 0 aliphatic carbocycles. The summed E-state index contributed by atoms with van der Waals surface area (Å²) in [5.74, 6) is -0.760. The number of ether oxygens (including phenoxy) is 1. The zero-order valence-corrected chi connectivity index (χ0v) is 14.9. The van der Waals surface area contributed by atoms with Crippen LogP contribution in [0.1, 0.15) is 5.56 Å². The summed E-state index contributed by atoms with van der Waals surface area (Å²) in [6.07, 6.45) is -0.00945. The minimum atomic E-state index is -0.445. The van der Waals surface area contributed by atoms with Crippen molar-refractivity contribution < 1.29 is 18.7 Å². The third-order valence-corrected chi connectivity index (χ3v) is 4.41. The fourth-order valence-electron chi connectivity index (χ4n) is 1.98. The van der Waals surface area contributed by atoms with Crippen LogP contribution in [0.25, 0.3) is 0 Å². The van der Waals surface area contributed by atoms with E-state index < -0.39 is 17.6 Å². The van der Waals surface area contributed by atoms with Gasteiger partial charge >= 0.3 is 0 Å². The Morgan fingerprint density at radius 3 is 2.60 bits per heavy atom. The molecule has 2 aromatic rings. The van der Waals surface area contributed by atoms with Crippen molar-refractivity contribution in [2.45, 2.75) is 11.3 Å². The third kappa shape index (κ3) is 5.95. The second kappa shape index (κ2) is 9.29. The predicted molar refractivity (Wildman–Crippen MR) is 95.1 cm³/mol. The largest absolute Gasteiger partial charge is 0.496 e. The number of hydrogen-bond donors (Lipinski definition) is 2. The average Bonchev–Trinajstić information content (AvgIpc) is 2.59. The van der Waals surface area contributed by atoms with Gasteiger partial charge in [-0.3, -0.25) is 20.4 Å². The molecule has 0 aliphatic rings. The summed E-state index contributed by atoms with van der Waals surface area (Å²) in [6.45, 7) is 0. The Hall–Kier alpha value is -2.25. The lowest BCUT2D eigenvalue weighted by Gasteiger charge is -2.10. The standard InChI is InChI=1S/C17H16ClFN2O3S/c1-24-14-7-6-12(18)8-11(14)9-16(22)20-21-17(23)10-25-15-5-3-2-4-13(15)19/h2-8H,9-10H2,1H3,(H,20,22)(H,21,23). The van der Waals surface area contributed by atoms with E-state index in [-0.39, 0.29) is 12.2 Å². The highest BCUT2D eigenvalue weighted by molar-refractivity contribution is 8.00. The Kier molecular flexibility index (Phi) is 7.09. The first kappa shape index (κ1) is 19.1. The van der Waals surface area contributed by atoms with Gasteiger partial charge in [0.1, 0.15) is 11.6 Å². The Balaban J connectivity index is 1.81. The average molecular weight is 383 g/mol. The van der Waals surface area contributed by atoms with Crippen LogP contribution in [0.3, 0.4) is 0 Å².